The first-order valence-corrected chi connectivity index (χ1v) is 8.04. The second-order valence-corrected chi connectivity index (χ2v) is 6.19. The lowest BCUT2D eigenvalue weighted by Gasteiger charge is -2.25. The number of nitrogens with zero attached hydrogens (tertiary/aromatic N) is 1. The van der Waals surface area contributed by atoms with Crippen molar-refractivity contribution in [3.8, 4) is 11.8 Å². The summed E-state index contributed by atoms with van der Waals surface area (Å²) in [5.74, 6) is -0.777. The molecule has 0 unspecified atom stereocenters. The van der Waals surface area contributed by atoms with E-state index >= 15 is 0 Å². The number of nitriles is 1. The average Bonchev–Trinajstić information content (AvgIpc) is 2.66. The van der Waals surface area contributed by atoms with Crippen molar-refractivity contribution in [2.24, 2.45) is 5.41 Å². The number of alkyl halides is 3. The van der Waals surface area contributed by atoms with Gasteiger partial charge in [0.25, 0.3) is 0 Å². The Morgan fingerprint density at radius 2 is 1.89 bits per heavy atom. The van der Waals surface area contributed by atoms with Crippen molar-refractivity contribution in [2.75, 3.05) is 11.9 Å². The van der Waals surface area contributed by atoms with Crippen molar-refractivity contribution in [1.82, 2.24) is 0 Å². The summed E-state index contributed by atoms with van der Waals surface area (Å²) in [6.45, 7) is 4.91. The average molecular weight is 392 g/mol. The van der Waals surface area contributed by atoms with E-state index in [-0.39, 0.29) is 12.3 Å². The number of halogens is 4. The molecule has 0 aromatic heterocycles. The van der Waals surface area contributed by atoms with Crippen LogP contribution in [0.3, 0.4) is 0 Å². The summed E-state index contributed by atoms with van der Waals surface area (Å²) < 4.78 is 57.6. The van der Waals surface area contributed by atoms with E-state index in [0.29, 0.717) is 11.8 Å². The number of hydrogen-bond acceptors (Lipinski definition) is 3. The molecule has 0 radical (unpaired) electrons. The Labute approximate surface area is 159 Å². The third kappa shape index (κ3) is 4.88. The molecule has 0 saturated carbocycles. The third-order valence-electron chi connectivity index (χ3n) is 4.02. The Morgan fingerprint density at radius 3 is 2.43 bits per heavy atom. The maximum atomic E-state index is 13.1. The first kappa shape index (κ1) is 21.0. The van der Waals surface area contributed by atoms with E-state index < -0.39 is 34.4 Å². The predicted octanol–water partition coefficient (Wildman–Crippen LogP) is 4.93. The van der Waals surface area contributed by atoms with Crippen LogP contribution in [-0.2, 0) is 11.0 Å². The second-order valence-electron chi connectivity index (χ2n) is 6.19. The van der Waals surface area contributed by atoms with Gasteiger partial charge in [-0.2, -0.15) is 18.4 Å². The molecular weight excluding hydrogens is 376 g/mol. The largest absolute Gasteiger partial charge is 0.492 e. The lowest BCUT2D eigenvalue weighted by atomic mass is 9.90. The molecule has 0 bridgehead atoms. The second kappa shape index (κ2) is 8.13. The zero-order valence-corrected chi connectivity index (χ0v) is 14.8. The fourth-order valence-electron chi connectivity index (χ4n) is 2.21. The summed E-state index contributed by atoms with van der Waals surface area (Å²) >= 11 is 0. The molecule has 2 aromatic rings. The van der Waals surface area contributed by atoms with Gasteiger partial charge in [0, 0.05) is 5.69 Å². The highest BCUT2D eigenvalue weighted by Crippen LogP contribution is 2.34. The van der Waals surface area contributed by atoms with E-state index in [4.69, 9.17) is 10.00 Å². The number of carbonyl (C=O) groups is 1. The van der Waals surface area contributed by atoms with Crippen molar-refractivity contribution in [2.45, 2.75) is 13.1 Å². The molecule has 28 heavy (non-hydrogen) atoms. The first-order chi connectivity index (χ1) is 13.1. The van der Waals surface area contributed by atoms with E-state index in [1.54, 1.807) is 0 Å². The zero-order chi connectivity index (χ0) is 20.9. The molecule has 2 aromatic carbocycles. The van der Waals surface area contributed by atoms with Crippen LogP contribution in [0.25, 0.3) is 0 Å². The molecule has 146 valence electrons. The van der Waals surface area contributed by atoms with Crippen molar-refractivity contribution in [3.63, 3.8) is 0 Å². The standard InChI is InChI=1S/C20H16F4N2O2/c1-3-19(2,12-28-16-8-5-14(21)6-9-16)18(27)26-15-7-4-13(11-25)17(10-15)20(22,23)24/h3-10H,1,12H2,2H3,(H,26,27)/t19-/m0/s1. The van der Waals surface area contributed by atoms with Gasteiger partial charge in [0.15, 0.2) is 0 Å². The minimum absolute atomic E-state index is 0.119. The van der Waals surface area contributed by atoms with Gasteiger partial charge in [0.1, 0.15) is 18.2 Å². The summed E-state index contributed by atoms with van der Waals surface area (Å²) in [7, 11) is 0. The Kier molecular flexibility index (Phi) is 6.09. The monoisotopic (exact) mass is 392 g/mol. The number of amides is 1. The molecule has 0 aliphatic carbocycles. The van der Waals surface area contributed by atoms with Crippen LogP contribution >= 0.6 is 0 Å². The summed E-state index contributed by atoms with van der Waals surface area (Å²) in [4.78, 5) is 12.6. The Balaban J connectivity index is 2.18. The van der Waals surface area contributed by atoms with Crippen LogP contribution < -0.4 is 10.1 Å². The molecule has 1 N–H and O–H groups in total. The topological polar surface area (TPSA) is 62.1 Å². The van der Waals surface area contributed by atoms with Crippen LogP contribution in [0.2, 0.25) is 0 Å². The number of benzene rings is 2. The van der Waals surface area contributed by atoms with Crippen LogP contribution in [0.1, 0.15) is 18.1 Å². The van der Waals surface area contributed by atoms with E-state index in [2.05, 4.69) is 11.9 Å². The summed E-state index contributed by atoms with van der Waals surface area (Å²) in [5.41, 5.74) is -3.08. The minimum atomic E-state index is -4.74. The van der Waals surface area contributed by atoms with Gasteiger partial charge in [0.2, 0.25) is 5.91 Å². The molecule has 1 amide bonds. The lowest BCUT2D eigenvalue weighted by Crippen LogP contribution is -2.37. The molecule has 0 saturated heterocycles. The SMILES string of the molecule is C=C[C@@](C)(COc1ccc(F)cc1)C(=O)Nc1ccc(C#N)c(C(F)(F)F)c1. The molecule has 0 fully saturated rings. The molecule has 0 spiro atoms. The Hall–Kier alpha value is -3.34. The molecule has 8 heteroatoms. The molecular formula is C20H16F4N2O2. The van der Waals surface area contributed by atoms with Gasteiger partial charge in [-0.25, -0.2) is 4.39 Å². The number of hydrogen-bond donors (Lipinski definition) is 1. The van der Waals surface area contributed by atoms with Gasteiger partial charge in [-0.1, -0.05) is 6.08 Å². The first-order valence-electron chi connectivity index (χ1n) is 8.04. The summed E-state index contributed by atoms with van der Waals surface area (Å²) in [6, 6.07) is 9.50. The van der Waals surface area contributed by atoms with Gasteiger partial charge < -0.3 is 10.1 Å². The molecule has 0 aliphatic heterocycles. The highest BCUT2D eigenvalue weighted by Gasteiger charge is 2.35. The molecule has 4 nitrogen and oxygen atoms in total. The molecule has 1 atom stereocenters. The maximum Gasteiger partial charge on any atom is 0.417 e. The molecule has 0 heterocycles. The normalized spacial score (nSPS) is 13.1. The molecule has 2 rings (SSSR count). The van der Waals surface area contributed by atoms with Crippen LogP contribution in [0.4, 0.5) is 23.2 Å². The number of anilines is 1. The summed E-state index contributed by atoms with van der Waals surface area (Å²) in [5, 5.41) is 11.2. The molecule has 0 aliphatic rings. The van der Waals surface area contributed by atoms with Gasteiger partial charge in [-0.05, 0) is 49.4 Å². The fraction of sp³-hybridized carbons (Fsp3) is 0.200. The predicted molar refractivity (Wildman–Crippen MR) is 95.0 cm³/mol. The third-order valence-corrected chi connectivity index (χ3v) is 4.02. The number of ether oxygens (including phenoxy) is 1. The maximum absolute atomic E-state index is 13.1. The van der Waals surface area contributed by atoms with Gasteiger partial charge in [-0.3, -0.25) is 4.79 Å². The lowest BCUT2D eigenvalue weighted by molar-refractivity contribution is -0.137. The highest BCUT2D eigenvalue weighted by molar-refractivity contribution is 5.96. The van der Waals surface area contributed by atoms with Gasteiger partial charge in [0.05, 0.1) is 22.6 Å². The van der Waals surface area contributed by atoms with Crippen LogP contribution in [0.15, 0.2) is 55.1 Å². The van der Waals surface area contributed by atoms with Gasteiger partial charge >= 0.3 is 6.18 Å². The van der Waals surface area contributed by atoms with Crippen LogP contribution in [0, 0.1) is 22.6 Å². The zero-order valence-electron chi connectivity index (χ0n) is 14.8. The van der Waals surface area contributed by atoms with Crippen molar-refractivity contribution >= 4 is 11.6 Å². The Bertz CT molecular complexity index is 917. The quantitative estimate of drug-likeness (QED) is 0.560. The van der Waals surface area contributed by atoms with Crippen molar-refractivity contribution in [1.29, 1.82) is 5.26 Å². The van der Waals surface area contributed by atoms with E-state index in [1.165, 1.54) is 49.4 Å². The summed E-state index contributed by atoms with van der Waals surface area (Å²) in [6.07, 6.45) is -3.43. The van der Waals surface area contributed by atoms with E-state index in [0.717, 1.165) is 6.07 Å². The number of carbonyl (C=O) groups excluding carboxylic acids is 1. The van der Waals surface area contributed by atoms with Crippen molar-refractivity contribution in [3.05, 3.63) is 72.1 Å². The fourth-order valence-corrected chi connectivity index (χ4v) is 2.21. The number of nitrogens with one attached hydrogen (secondary N) is 1. The van der Waals surface area contributed by atoms with E-state index in [9.17, 15) is 22.4 Å². The van der Waals surface area contributed by atoms with Crippen molar-refractivity contribution < 1.29 is 27.1 Å². The van der Waals surface area contributed by atoms with Crippen LogP contribution in [-0.4, -0.2) is 12.5 Å². The van der Waals surface area contributed by atoms with Crippen LogP contribution in [0.5, 0.6) is 5.75 Å². The van der Waals surface area contributed by atoms with E-state index in [1.807, 2.05) is 0 Å². The smallest absolute Gasteiger partial charge is 0.417 e. The Morgan fingerprint density at radius 1 is 1.25 bits per heavy atom. The highest BCUT2D eigenvalue weighted by atomic mass is 19.4. The van der Waals surface area contributed by atoms with Gasteiger partial charge in [-0.15, -0.1) is 6.58 Å². The minimum Gasteiger partial charge on any atom is -0.492 e. The number of rotatable bonds is 6.